The number of rotatable bonds is 2. The lowest BCUT2D eigenvalue weighted by Gasteiger charge is -2.13. The highest BCUT2D eigenvalue weighted by Crippen LogP contribution is 2.28. The molecule has 0 spiro atoms. The molecular formula is C13H12BrClFN3. The maximum atomic E-state index is 13.4. The first kappa shape index (κ1) is 14.2. The third-order valence-corrected chi connectivity index (χ3v) is 3.95. The molecule has 19 heavy (non-hydrogen) atoms. The molecule has 3 nitrogen and oxygen atoms in total. The Morgan fingerprint density at radius 3 is 2.53 bits per heavy atom. The Hall–Kier alpha value is -1.20. The van der Waals surface area contributed by atoms with Crippen LogP contribution in [0.4, 0.5) is 15.9 Å². The van der Waals surface area contributed by atoms with E-state index >= 15 is 0 Å². The van der Waals surface area contributed by atoms with Gasteiger partial charge in [-0.1, -0.05) is 11.6 Å². The van der Waals surface area contributed by atoms with Crippen molar-refractivity contribution < 1.29 is 4.39 Å². The van der Waals surface area contributed by atoms with Crippen molar-refractivity contribution in [2.45, 2.75) is 20.8 Å². The molecule has 0 amide bonds. The summed E-state index contributed by atoms with van der Waals surface area (Å²) in [4.78, 5) is 0. The number of anilines is 2. The van der Waals surface area contributed by atoms with Gasteiger partial charge in [0.2, 0.25) is 0 Å². The molecule has 1 heterocycles. The number of hydrogen-bond donors (Lipinski definition) is 1. The number of nitrogens with zero attached hydrogens (tertiary/aromatic N) is 2. The molecular weight excluding hydrogens is 333 g/mol. The summed E-state index contributed by atoms with van der Waals surface area (Å²) in [7, 11) is 0. The molecule has 0 saturated carbocycles. The van der Waals surface area contributed by atoms with E-state index in [4.69, 9.17) is 11.6 Å². The zero-order chi connectivity index (χ0) is 14.2. The standard InChI is InChI=1S/C13H12BrClFN3/c1-6-4-10(16)9(14)5-11(6)17-13-8(3)7(2)12(15)18-19-13/h4-5H,1-3H3,(H,17,19). The Morgan fingerprint density at radius 2 is 1.84 bits per heavy atom. The van der Waals surface area contributed by atoms with E-state index < -0.39 is 0 Å². The number of nitrogens with one attached hydrogen (secondary N) is 1. The van der Waals surface area contributed by atoms with E-state index in [-0.39, 0.29) is 5.82 Å². The summed E-state index contributed by atoms with van der Waals surface area (Å²) in [6, 6.07) is 3.13. The molecule has 0 atom stereocenters. The second-order valence-corrected chi connectivity index (χ2v) is 5.51. The fraction of sp³-hybridized carbons (Fsp3) is 0.231. The first-order chi connectivity index (χ1) is 8.90. The van der Waals surface area contributed by atoms with Crippen LogP contribution in [0, 0.1) is 26.6 Å². The van der Waals surface area contributed by atoms with Gasteiger partial charge in [0, 0.05) is 5.69 Å². The van der Waals surface area contributed by atoms with Crippen molar-refractivity contribution in [2.75, 3.05) is 5.32 Å². The van der Waals surface area contributed by atoms with E-state index in [9.17, 15) is 4.39 Å². The van der Waals surface area contributed by atoms with Crippen LogP contribution in [0.1, 0.15) is 16.7 Å². The minimum absolute atomic E-state index is 0.293. The molecule has 0 radical (unpaired) electrons. The summed E-state index contributed by atoms with van der Waals surface area (Å²) in [6.07, 6.45) is 0. The Morgan fingerprint density at radius 1 is 1.16 bits per heavy atom. The summed E-state index contributed by atoms with van der Waals surface area (Å²) < 4.78 is 13.8. The van der Waals surface area contributed by atoms with E-state index in [0.717, 1.165) is 22.4 Å². The summed E-state index contributed by atoms with van der Waals surface area (Å²) in [5.41, 5.74) is 3.35. The summed E-state index contributed by atoms with van der Waals surface area (Å²) >= 11 is 9.07. The molecule has 100 valence electrons. The van der Waals surface area contributed by atoms with E-state index in [1.54, 1.807) is 6.07 Å². The van der Waals surface area contributed by atoms with Gasteiger partial charge in [-0.3, -0.25) is 0 Å². The Labute approximate surface area is 124 Å². The second-order valence-electron chi connectivity index (χ2n) is 4.30. The van der Waals surface area contributed by atoms with Crippen molar-refractivity contribution >= 4 is 39.0 Å². The average Bonchev–Trinajstić information content (AvgIpc) is 2.36. The minimum atomic E-state index is -0.293. The molecule has 0 aliphatic heterocycles. The normalized spacial score (nSPS) is 10.6. The molecule has 0 aliphatic rings. The van der Waals surface area contributed by atoms with Gasteiger partial charge in [-0.25, -0.2) is 4.39 Å². The van der Waals surface area contributed by atoms with Crippen LogP contribution in [0.2, 0.25) is 5.15 Å². The molecule has 0 saturated heterocycles. The molecule has 2 aromatic rings. The number of aromatic nitrogens is 2. The predicted octanol–water partition coefficient (Wildman–Crippen LogP) is 4.70. The lowest BCUT2D eigenvalue weighted by Crippen LogP contribution is -2.03. The van der Waals surface area contributed by atoms with Crippen LogP contribution >= 0.6 is 27.5 Å². The number of benzene rings is 1. The monoisotopic (exact) mass is 343 g/mol. The lowest BCUT2D eigenvalue weighted by molar-refractivity contribution is 0.620. The highest BCUT2D eigenvalue weighted by molar-refractivity contribution is 9.10. The number of hydrogen-bond acceptors (Lipinski definition) is 3. The third kappa shape index (κ3) is 2.87. The molecule has 1 aromatic carbocycles. The van der Waals surface area contributed by atoms with Crippen LogP contribution in [0.25, 0.3) is 0 Å². The quantitative estimate of drug-likeness (QED) is 0.858. The zero-order valence-electron chi connectivity index (χ0n) is 10.7. The minimum Gasteiger partial charge on any atom is -0.338 e. The largest absolute Gasteiger partial charge is 0.338 e. The number of halogens is 3. The molecule has 0 aliphatic carbocycles. The van der Waals surface area contributed by atoms with Crippen LogP contribution in [0.3, 0.4) is 0 Å². The van der Waals surface area contributed by atoms with Gasteiger partial charge in [-0.2, -0.15) is 0 Å². The Kier molecular flexibility index (Phi) is 4.06. The first-order valence-electron chi connectivity index (χ1n) is 5.62. The summed E-state index contributed by atoms with van der Waals surface area (Å²) in [5, 5.41) is 11.4. The van der Waals surface area contributed by atoms with Gasteiger partial charge in [-0.15, -0.1) is 10.2 Å². The topological polar surface area (TPSA) is 37.8 Å². The second kappa shape index (κ2) is 5.43. The Bertz CT molecular complexity index is 646. The van der Waals surface area contributed by atoms with Crippen LogP contribution in [0.15, 0.2) is 16.6 Å². The summed E-state index contributed by atoms with van der Waals surface area (Å²) in [5.74, 6) is 0.321. The molecule has 0 bridgehead atoms. The van der Waals surface area contributed by atoms with Crippen LogP contribution in [-0.4, -0.2) is 10.2 Å². The average molecular weight is 345 g/mol. The van der Waals surface area contributed by atoms with Gasteiger partial charge in [0.25, 0.3) is 0 Å². The molecule has 1 aromatic heterocycles. The smallest absolute Gasteiger partial charge is 0.156 e. The molecule has 0 unspecified atom stereocenters. The number of aryl methyl sites for hydroxylation is 1. The lowest BCUT2D eigenvalue weighted by atomic mass is 10.1. The van der Waals surface area contributed by atoms with Crippen molar-refractivity contribution in [1.82, 2.24) is 10.2 Å². The van der Waals surface area contributed by atoms with Crippen molar-refractivity contribution in [3.63, 3.8) is 0 Å². The van der Waals surface area contributed by atoms with Crippen molar-refractivity contribution in [3.8, 4) is 0 Å². The van der Waals surface area contributed by atoms with Gasteiger partial charge in [0.15, 0.2) is 11.0 Å². The molecule has 2 rings (SSSR count). The van der Waals surface area contributed by atoms with Crippen LogP contribution in [0.5, 0.6) is 0 Å². The zero-order valence-corrected chi connectivity index (χ0v) is 13.0. The highest BCUT2D eigenvalue weighted by atomic mass is 79.9. The van der Waals surface area contributed by atoms with Crippen LogP contribution in [-0.2, 0) is 0 Å². The molecule has 1 N–H and O–H groups in total. The van der Waals surface area contributed by atoms with Gasteiger partial charge in [0.1, 0.15) is 5.82 Å². The van der Waals surface area contributed by atoms with E-state index in [0.29, 0.717) is 15.4 Å². The maximum Gasteiger partial charge on any atom is 0.156 e. The maximum absolute atomic E-state index is 13.4. The highest BCUT2D eigenvalue weighted by Gasteiger charge is 2.11. The van der Waals surface area contributed by atoms with E-state index in [1.807, 2.05) is 20.8 Å². The SMILES string of the molecule is Cc1cc(F)c(Br)cc1Nc1nnc(Cl)c(C)c1C. The van der Waals surface area contributed by atoms with Crippen molar-refractivity contribution in [2.24, 2.45) is 0 Å². The summed E-state index contributed by atoms with van der Waals surface area (Å²) in [6.45, 7) is 5.61. The van der Waals surface area contributed by atoms with Gasteiger partial charge in [0.05, 0.1) is 4.47 Å². The van der Waals surface area contributed by atoms with Gasteiger partial charge >= 0.3 is 0 Å². The van der Waals surface area contributed by atoms with Crippen molar-refractivity contribution in [1.29, 1.82) is 0 Å². The first-order valence-corrected chi connectivity index (χ1v) is 6.79. The van der Waals surface area contributed by atoms with Gasteiger partial charge in [-0.05, 0) is 65.5 Å². The third-order valence-electron chi connectivity index (χ3n) is 2.99. The van der Waals surface area contributed by atoms with E-state index in [1.165, 1.54) is 6.07 Å². The molecule has 6 heteroatoms. The Balaban J connectivity index is 2.42. The molecule has 0 fully saturated rings. The predicted molar refractivity (Wildman–Crippen MR) is 78.6 cm³/mol. The van der Waals surface area contributed by atoms with Gasteiger partial charge < -0.3 is 5.32 Å². The van der Waals surface area contributed by atoms with Crippen molar-refractivity contribution in [3.05, 3.63) is 44.3 Å². The van der Waals surface area contributed by atoms with Crippen LogP contribution < -0.4 is 5.32 Å². The van der Waals surface area contributed by atoms with E-state index in [2.05, 4.69) is 31.4 Å². The fourth-order valence-electron chi connectivity index (χ4n) is 1.60. The fourth-order valence-corrected chi connectivity index (χ4v) is 2.13.